The number of hydrogen-bond acceptors (Lipinski definition) is 5. The molecule has 2 aromatic rings. The van der Waals surface area contributed by atoms with Gasteiger partial charge < -0.3 is 5.32 Å². The fourth-order valence-corrected chi connectivity index (χ4v) is 5.40. The summed E-state index contributed by atoms with van der Waals surface area (Å²) in [5.41, 5.74) is 2.03. The summed E-state index contributed by atoms with van der Waals surface area (Å²) in [4.78, 5) is 37.4. The molecule has 2 fully saturated rings. The van der Waals surface area contributed by atoms with Crippen LogP contribution in [0.5, 0.6) is 0 Å². The average molecular weight is 456 g/mol. The number of amides is 3. The number of sulfonamides is 1. The maximum absolute atomic E-state index is 12.6. The van der Waals surface area contributed by atoms with E-state index in [1.54, 1.807) is 48.5 Å². The Morgan fingerprint density at radius 3 is 2.00 bits per heavy atom. The van der Waals surface area contributed by atoms with Crippen molar-refractivity contribution in [1.82, 2.24) is 14.5 Å². The van der Waals surface area contributed by atoms with Crippen LogP contribution >= 0.6 is 0 Å². The molecule has 2 aromatic carbocycles. The minimum Gasteiger partial charge on any atom is -0.348 e. The van der Waals surface area contributed by atoms with Gasteiger partial charge in [0.05, 0.1) is 11.4 Å². The van der Waals surface area contributed by atoms with E-state index >= 15 is 0 Å². The molecule has 0 aliphatic carbocycles. The lowest BCUT2D eigenvalue weighted by atomic mass is 10.1. The highest BCUT2D eigenvalue weighted by molar-refractivity contribution is 7.89. The van der Waals surface area contributed by atoms with E-state index in [0.29, 0.717) is 18.7 Å². The van der Waals surface area contributed by atoms with Crippen molar-refractivity contribution < 1.29 is 22.8 Å². The number of likely N-dealkylation sites (tertiary alicyclic amines) is 1. The van der Waals surface area contributed by atoms with E-state index in [0.717, 1.165) is 24.0 Å². The fourth-order valence-electron chi connectivity index (χ4n) is 3.88. The molecule has 4 rings (SSSR count). The lowest BCUT2D eigenvalue weighted by Crippen LogP contribution is -2.28. The lowest BCUT2D eigenvalue weighted by Gasteiger charge is -2.15. The molecule has 0 spiro atoms. The normalized spacial score (nSPS) is 17.2. The van der Waals surface area contributed by atoms with Crippen molar-refractivity contribution in [2.75, 3.05) is 13.1 Å². The first-order chi connectivity index (χ1) is 15.3. The van der Waals surface area contributed by atoms with Crippen LogP contribution in [0.4, 0.5) is 0 Å². The highest BCUT2D eigenvalue weighted by Crippen LogP contribution is 2.21. The van der Waals surface area contributed by atoms with Gasteiger partial charge in [-0.1, -0.05) is 24.3 Å². The number of nitrogens with one attached hydrogen (secondary N) is 1. The highest BCUT2D eigenvalue weighted by Gasteiger charge is 2.29. The second kappa shape index (κ2) is 9.22. The van der Waals surface area contributed by atoms with E-state index < -0.39 is 10.0 Å². The highest BCUT2D eigenvalue weighted by atomic mass is 32.2. The van der Waals surface area contributed by atoms with Crippen molar-refractivity contribution in [3.63, 3.8) is 0 Å². The van der Waals surface area contributed by atoms with E-state index in [1.807, 2.05) is 0 Å². The van der Waals surface area contributed by atoms with E-state index in [2.05, 4.69) is 5.32 Å². The molecule has 8 nitrogen and oxygen atoms in total. The Morgan fingerprint density at radius 1 is 0.844 bits per heavy atom. The molecule has 32 heavy (non-hydrogen) atoms. The van der Waals surface area contributed by atoms with Gasteiger partial charge in [-0.15, -0.1) is 0 Å². The number of carbonyl (C=O) groups is 3. The molecule has 3 amide bonds. The minimum atomic E-state index is -3.45. The Balaban J connectivity index is 1.32. The van der Waals surface area contributed by atoms with Crippen LogP contribution in [-0.4, -0.2) is 48.4 Å². The van der Waals surface area contributed by atoms with Crippen molar-refractivity contribution in [2.24, 2.45) is 0 Å². The van der Waals surface area contributed by atoms with Gasteiger partial charge in [-0.25, -0.2) is 8.42 Å². The Kier molecular flexibility index (Phi) is 6.38. The lowest BCUT2D eigenvalue weighted by molar-refractivity contribution is -0.139. The summed E-state index contributed by atoms with van der Waals surface area (Å²) in [5.74, 6) is -0.606. The second-order valence-electron chi connectivity index (χ2n) is 8.01. The van der Waals surface area contributed by atoms with E-state index in [1.165, 1.54) is 9.21 Å². The zero-order chi connectivity index (χ0) is 22.7. The van der Waals surface area contributed by atoms with Gasteiger partial charge in [-0.3, -0.25) is 19.3 Å². The van der Waals surface area contributed by atoms with Gasteiger partial charge in [0.2, 0.25) is 21.8 Å². The van der Waals surface area contributed by atoms with E-state index in [4.69, 9.17) is 0 Å². The van der Waals surface area contributed by atoms with Crippen LogP contribution in [0.25, 0.3) is 0 Å². The van der Waals surface area contributed by atoms with E-state index in [-0.39, 0.29) is 48.5 Å². The number of rotatable bonds is 7. The molecule has 2 heterocycles. The first-order valence-corrected chi connectivity index (χ1v) is 12.1. The summed E-state index contributed by atoms with van der Waals surface area (Å²) in [6.45, 7) is 1.60. The van der Waals surface area contributed by atoms with Crippen LogP contribution in [0.2, 0.25) is 0 Å². The molecule has 2 aliphatic heterocycles. The molecular formula is C23H25N3O5S. The van der Waals surface area contributed by atoms with Crippen LogP contribution in [0, 0.1) is 0 Å². The third-order valence-electron chi connectivity index (χ3n) is 5.79. The molecule has 0 bridgehead atoms. The van der Waals surface area contributed by atoms with Crippen LogP contribution in [0.15, 0.2) is 53.4 Å². The maximum atomic E-state index is 12.6. The van der Waals surface area contributed by atoms with Crippen molar-refractivity contribution in [2.45, 2.75) is 43.7 Å². The van der Waals surface area contributed by atoms with Crippen molar-refractivity contribution in [3.05, 3.63) is 65.2 Å². The van der Waals surface area contributed by atoms with Gasteiger partial charge >= 0.3 is 0 Å². The van der Waals surface area contributed by atoms with Crippen LogP contribution in [-0.2, 0) is 32.7 Å². The van der Waals surface area contributed by atoms with Crippen molar-refractivity contribution in [3.8, 4) is 0 Å². The van der Waals surface area contributed by atoms with Gasteiger partial charge in [0.15, 0.2) is 0 Å². The molecule has 0 saturated carbocycles. The zero-order valence-electron chi connectivity index (χ0n) is 17.6. The van der Waals surface area contributed by atoms with E-state index in [9.17, 15) is 22.8 Å². The summed E-state index contributed by atoms with van der Waals surface area (Å²) in [7, 11) is -3.45. The quantitative estimate of drug-likeness (QED) is 0.644. The maximum Gasteiger partial charge on any atom is 0.251 e. The summed E-state index contributed by atoms with van der Waals surface area (Å²) < 4.78 is 26.7. The molecule has 0 atom stereocenters. The summed E-state index contributed by atoms with van der Waals surface area (Å²) in [6, 6.07) is 13.3. The predicted molar refractivity (Wildman–Crippen MR) is 117 cm³/mol. The third kappa shape index (κ3) is 4.73. The first kappa shape index (κ1) is 22.2. The topological polar surface area (TPSA) is 104 Å². The monoisotopic (exact) mass is 455 g/mol. The number of benzene rings is 2. The van der Waals surface area contributed by atoms with Crippen LogP contribution in [0.3, 0.4) is 0 Å². The van der Waals surface area contributed by atoms with Gasteiger partial charge in [0.1, 0.15) is 0 Å². The molecule has 0 radical (unpaired) electrons. The predicted octanol–water partition coefficient (Wildman–Crippen LogP) is 2.05. The first-order valence-electron chi connectivity index (χ1n) is 10.6. The summed E-state index contributed by atoms with van der Waals surface area (Å²) >= 11 is 0. The van der Waals surface area contributed by atoms with Crippen LogP contribution in [0.1, 0.15) is 47.2 Å². The standard InChI is InChI=1S/C23H25N3O5S/c27-21-11-12-22(28)26(21)16-18-3-7-19(8-4-18)23(29)24-15-17-5-9-20(10-6-17)32(30,31)25-13-1-2-14-25/h3-10H,1-2,11-16H2,(H,24,29). The van der Waals surface area contributed by atoms with Crippen LogP contribution < -0.4 is 5.32 Å². The average Bonchev–Trinajstić information content (AvgIpc) is 3.45. The molecule has 0 aromatic heterocycles. The van der Waals surface area contributed by atoms with Gasteiger partial charge in [-0.2, -0.15) is 4.31 Å². The van der Waals surface area contributed by atoms with Gasteiger partial charge in [0.25, 0.3) is 5.91 Å². The fraction of sp³-hybridized carbons (Fsp3) is 0.348. The molecule has 9 heteroatoms. The summed E-state index contributed by atoms with van der Waals surface area (Å²) in [6.07, 6.45) is 2.28. The Hall–Kier alpha value is -3.04. The number of nitrogens with zero attached hydrogens (tertiary/aromatic N) is 2. The molecule has 2 aliphatic rings. The summed E-state index contributed by atoms with van der Waals surface area (Å²) in [5, 5.41) is 2.82. The zero-order valence-corrected chi connectivity index (χ0v) is 18.4. The number of imide groups is 1. The van der Waals surface area contributed by atoms with Gasteiger partial charge in [0, 0.05) is 38.0 Å². The van der Waals surface area contributed by atoms with Crippen molar-refractivity contribution >= 4 is 27.7 Å². The Labute approximate surface area is 187 Å². The molecule has 168 valence electrons. The largest absolute Gasteiger partial charge is 0.348 e. The molecule has 2 saturated heterocycles. The van der Waals surface area contributed by atoms with Crippen molar-refractivity contribution in [1.29, 1.82) is 0 Å². The van der Waals surface area contributed by atoms with Gasteiger partial charge in [-0.05, 0) is 48.2 Å². The second-order valence-corrected chi connectivity index (χ2v) is 9.95. The number of hydrogen-bond donors (Lipinski definition) is 1. The minimum absolute atomic E-state index is 0.170. The number of carbonyl (C=O) groups excluding carboxylic acids is 3. The smallest absolute Gasteiger partial charge is 0.251 e. The third-order valence-corrected chi connectivity index (χ3v) is 7.70. The Morgan fingerprint density at radius 2 is 1.41 bits per heavy atom. The molecule has 1 N–H and O–H groups in total. The molecule has 0 unspecified atom stereocenters. The Bertz CT molecular complexity index is 1110. The SMILES string of the molecule is O=C(NCc1ccc(S(=O)(=O)N2CCCC2)cc1)c1ccc(CN2C(=O)CCC2=O)cc1. The molecular weight excluding hydrogens is 430 g/mol.